The lowest BCUT2D eigenvalue weighted by Gasteiger charge is -2.19. The Morgan fingerprint density at radius 2 is 1.69 bits per heavy atom. The van der Waals surface area contributed by atoms with Crippen molar-refractivity contribution >= 4 is 29.3 Å². The summed E-state index contributed by atoms with van der Waals surface area (Å²) < 4.78 is 5.07. The number of hydrogen-bond acceptors (Lipinski definition) is 5. The van der Waals surface area contributed by atoms with Crippen molar-refractivity contribution in [1.82, 2.24) is 10.6 Å². The van der Waals surface area contributed by atoms with Crippen LogP contribution in [0.2, 0.25) is 0 Å². The average Bonchev–Trinajstić information content (AvgIpc) is 2.64. The van der Waals surface area contributed by atoms with Gasteiger partial charge in [-0.1, -0.05) is 12.1 Å². The predicted octanol–water partition coefficient (Wildman–Crippen LogP) is 2.66. The van der Waals surface area contributed by atoms with Gasteiger partial charge in [0.2, 0.25) is 5.91 Å². The standard InChI is InChI=1S/C21H26N4O4/c1-21(2,3)29-20(28)24-13-18(26)23-12-14-5-4-6-17(11-14)25-19(27)15-7-9-16(22)10-8-15/h4-11H,12-13,22H2,1-3H3,(H,23,26)(H,24,28)(H,25,27). The molecule has 0 aromatic heterocycles. The van der Waals surface area contributed by atoms with Crippen molar-refractivity contribution in [3.05, 3.63) is 59.7 Å². The molecule has 8 heteroatoms. The third kappa shape index (κ3) is 7.92. The van der Waals surface area contributed by atoms with Crippen molar-refractivity contribution in [2.24, 2.45) is 0 Å². The van der Waals surface area contributed by atoms with E-state index in [1.165, 1.54) is 0 Å². The quantitative estimate of drug-likeness (QED) is 0.557. The molecule has 0 heterocycles. The second-order valence-electron chi connectivity index (χ2n) is 7.41. The Bertz CT molecular complexity index is 873. The number of nitrogens with two attached hydrogens (primary N) is 1. The third-order valence-corrected chi connectivity index (χ3v) is 3.64. The largest absolute Gasteiger partial charge is 0.444 e. The summed E-state index contributed by atoms with van der Waals surface area (Å²) in [6.07, 6.45) is -0.653. The molecular weight excluding hydrogens is 372 g/mol. The second-order valence-corrected chi connectivity index (χ2v) is 7.41. The summed E-state index contributed by atoms with van der Waals surface area (Å²) in [5, 5.41) is 7.90. The van der Waals surface area contributed by atoms with Crippen molar-refractivity contribution < 1.29 is 19.1 Å². The van der Waals surface area contributed by atoms with Gasteiger partial charge in [0.25, 0.3) is 5.91 Å². The minimum Gasteiger partial charge on any atom is -0.444 e. The van der Waals surface area contributed by atoms with E-state index in [0.717, 1.165) is 5.56 Å². The molecule has 8 nitrogen and oxygen atoms in total. The molecule has 2 aromatic rings. The van der Waals surface area contributed by atoms with Crippen LogP contribution in [0.4, 0.5) is 16.2 Å². The van der Waals surface area contributed by atoms with Crippen LogP contribution in [-0.4, -0.2) is 30.1 Å². The highest BCUT2D eigenvalue weighted by Gasteiger charge is 2.16. The molecule has 0 saturated heterocycles. The number of nitrogens with one attached hydrogen (secondary N) is 3. The average molecular weight is 398 g/mol. The molecule has 3 amide bonds. The van der Waals surface area contributed by atoms with Crippen LogP contribution in [0.3, 0.4) is 0 Å². The zero-order chi connectivity index (χ0) is 21.4. The lowest BCUT2D eigenvalue weighted by Crippen LogP contribution is -2.39. The highest BCUT2D eigenvalue weighted by molar-refractivity contribution is 6.04. The highest BCUT2D eigenvalue weighted by atomic mass is 16.6. The Kier molecular flexibility index (Phi) is 7.19. The Labute approximate surface area is 169 Å². The number of amides is 3. The lowest BCUT2D eigenvalue weighted by molar-refractivity contribution is -0.120. The number of carbonyl (C=O) groups excluding carboxylic acids is 3. The molecule has 0 unspecified atom stereocenters. The molecule has 154 valence electrons. The maximum absolute atomic E-state index is 12.3. The van der Waals surface area contributed by atoms with Crippen LogP contribution in [-0.2, 0) is 16.1 Å². The molecule has 0 fully saturated rings. The minimum absolute atomic E-state index is 0.192. The van der Waals surface area contributed by atoms with Gasteiger partial charge in [-0.3, -0.25) is 9.59 Å². The first-order chi connectivity index (χ1) is 13.6. The maximum atomic E-state index is 12.3. The van der Waals surface area contributed by atoms with Gasteiger partial charge >= 0.3 is 6.09 Å². The number of ether oxygens (including phenoxy) is 1. The number of rotatable bonds is 6. The van der Waals surface area contributed by atoms with E-state index >= 15 is 0 Å². The number of nitrogen functional groups attached to an aromatic ring is 1. The van der Waals surface area contributed by atoms with Crippen LogP contribution in [0.25, 0.3) is 0 Å². The van der Waals surface area contributed by atoms with Crippen molar-refractivity contribution in [3.8, 4) is 0 Å². The van der Waals surface area contributed by atoms with Gasteiger partial charge in [0, 0.05) is 23.5 Å². The molecular formula is C21H26N4O4. The summed E-state index contributed by atoms with van der Waals surface area (Å²) in [6.45, 7) is 5.28. The fraction of sp³-hybridized carbons (Fsp3) is 0.286. The first kappa shape index (κ1) is 21.7. The first-order valence-electron chi connectivity index (χ1n) is 9.12. The van der Waals surface area contributed by atoms with Crippen molar-refractivity contribution in [1.29, 1.82) is 0 Å². The van der Waals surface area contributed by atoms with E-state index in [2.05, 4.69) is 16.0 Å². The zero-order valence-electron chi connectivity index (χ0n) is 16.7. The summed E-state index contributed by atoms with van der Waals surface area (Å²) in [7, 11) is 0. The van der Waals surface area contributed by atoms with E-state index < -0.39 is 11.7 Å². The molecule has 0 radical (unpaired) electrons. The molecule has 0 aliphatic heterocycles. The van der Waals surface area contributed by atoms with E-state index in [0.29, 0.717) is 16.9 Å². The van der Waals surface area contributed by atoms with E-state index in [1.54, 1.807) is 63.2 Å². The molecule has 0 aliphatic carbocycles. The normalized spacial score (nSPS) is 10.7. The number of benzene rings is 2. The van der Waals surface area contributed by atoms with Gasteiger partial charge in [-0.25, -0.2) is 4.79 Å². The molecule has 5 N–H and O–H groups in total. The molecule has 0 bridgehead atoms. The van der Waals surface area contributed by atoms with Gasteiger partial charge in [0.1, 0.15) is 12.1 Å². The molecule has 0 spiro atoms. The number of anilines is 2. The van der Waals surface area contributed by atoms with Crippen LogP contribution in [0.1, 0.15) is 36.7 Å². The monoisotopic (exact) mass is 398 g/mol. The Balaban J connectivity index is 1.83. The van der Waals surface area contributed by atoms with Crippen LogP contribution >= 0.6 is 0 Å². The van der Waals surface area contributed by atoms with Gasteiger partial charge in [-0.2, -0.15) is 0 Å². The van der Waals surface area contributed by atoms with Crippen LogP contribution < -0.4 is 21.7 Å². The summed E-state index contributed by atoms with van der Waals surface area (Å²) in [4.78, 5) is 35.7. The summed E-state index contributed by atoms with van der Waals surface area (Å²) in [6, 6.07) is 13.7. The molecule has 0 atom stereocenters. The SMILES string of the molecule is CC(C)(C)OC(=O)NCC(=O)NCc1cccc(NC(=O)c2ccc(N)cc2)c1. The fourth-order valence-electron chi connectivity index (χ4n) is 2.33. The highest BCUT2D eigenvalue weighted by Crippen LogP contribution is 2.13. The topological polar surface area (TPSA) is 123 Å². The van der Waals surface area contributed by atoms with Crippen LogP contribution in [0.15, 0.2) is 48.5 Å². The molecule has 2 aromatic carbocycles. The van der Waals surface area contributed by atoms with Gasteiger partial charge < -0.3 is 26.4 Å². The van der Waals surface area contributed by atoms with Crippen LogP contribution in [0, 0.1) is 0 Å². The minimum atomic E-state index is -0.653. The van der Waals surface area contributed by atoms with E-state index in [1.807, 2.05) is 6.07 Å². The molecule has 29 heavy (non-hydrogen) atoms. The van der Waals surface area contributed by atoms with Crippen LogP contribution in [0.5, 0.6) is 0 Å². The lowest BCUT2D eigenvalue weighted by atomic mass is 10.1. The van der Waals surface area contributed by atoms with Crippen molar-refractivity contribution in [3.63, 3.8) is 0 Å². The first-order valence-corrected chi connectivity index (χ1v) is 9.12. The zero-order valence-corrected chi connectivity index (χ0v) is 16.7. The summed E-state index contributed by atoms with van der Waals surface area (Å²) in [5.41, 5.74) is 7.47. The summed E-state index contributed by atoms with van der Waals surface area (Å²) >= 11 is 0. The fourth-order valence-corrected chi connectivity index (χ4v) is 2.33. The van der Waals surface area contributed by atoms with Crippen molar-refractivity contribution in [2.75, 3.05) is 17.6 Å². The number of hydrogen-bond donors (Lipinski definition) is 4. The van der Waals surface area contributed by atoms with Gasteiger partial charge in [-0.15, -0.1) is 0 Å². The van der Waals surface area contributed by atoms with E-state index in [-0.39, 0.29) is 24.9 Å². The number of carbonyl (C=O) groups is 3. The second kappa shape index (κ2) is 9.59. The van der Waals surface area contributed by atoms with Gasteiger partial charge in [0.15, 0.2) is 0 Å². The molecule has 0 saturated carbocycles. The maximum Gasteiger partial charge on any atom is 0.408 e. The van der Waals surface area contributed by atoms with Gasteiger partial charge in [0.05, 0.1) is 0 Å². The Morgan fingerprint density at radius 1 is 1.00 bits per heavy atom. The predicted molar refractivity (Wildman–Crippen MR) is 111 cm³/mol. The molecule has 0 aliphatic rings. The molecule has 2 rings (SSSR count). The van der Waals surface area contributed by atoms with Crippen molar-refractivity contribution in [2.45, 2.75) is 32.9 Å². The number of alkyl carbamates (subject to hydrolysis) is 1. The Hall–Kier alpha value is -3.55. The van der Waals surface area contributed by atoms with E-state index in [9.17, 15) is 14.4 Å². The Morgan fingerprint density at radius 3 is 2.34 bits per heavy atom. The van der Waals surface area contributed by atoms with E-state index in [4.69, 9.17) is 10.5 Å². The summed E-state index contributed by atoms with van der Waals surface area (Å²) in [5.74, 6) is -0.611. The smallest absolute Gasteiger partial charge is 0.408 e. The van der Waals surface area contributed by atoms with Gasteiger partial charge in [-0.05, 0) is 62.7 Å². The third-order valence-electron chi connectivity index (χ3n) is 3.64.